The first-order chi connectivity index (χ1) is 9.93. The van der Waals surface area contributed by atoms with Gasteiger partial charge in [-0.1, -0.05) is 0 Å². The minimum atomic E-state index is -0.509. The van der Waals surface area contributed by atoms with Gasteiger partial charge in [-0.05, 0) is 26.8 Å². The number of imide groups is 1. The molecule has 2 atom stereocenters. The number of amides is 3. The Balaban J connectivity index is 2.07. The highest BCUT2D eigenvalue weighted by Gasteiger charge is 2.48. The van der Waals surface area contributed by atoms with Crippen LogP contribution in [0.15, 0.2) is 11.1 Å². The van der Waals surface area contributed by atoms with E-state index in [-0.39, 0.29) is 5.91 Å². The van der Waals surface area contributed by atoms with Crippen LogP contribution in [0.1, 0.15) is 18.3 Å². The maximum Gasteiger partial charge on any atom is 0.325 e. The van der Waals surface area contributed by atoms with E-state index >= 15 is 0 Å². The van der Waals surface area contributed by atoms with Crippen molar-refractivity contribution in [2.75, 3.05) is 13.6 Å². The Bertz CT molecular complexity index is 649. The predicted octanol–water partition coefficient (Wildman–Crippen LogP) is -0.0842. The van der Waals surface area contributed by atoms with Crippen molar-refractivity contribution >= 4 is 17.9 Å². The number of carbonyl (C=O) groups is 2. The molecular weight excluding hydrogens is 272 g/mol. The maximum atomic E-state index is 12.2. The van der Waals surface area contributed by atoms with E-state index in [2.05, 4.69) is 15.4 Å². The molecule has 3 rings (SSSR count). The molecular formula is C13H18N6O2. The van der Waals surface area contributed by atoms with Crippen LogP contribution in [0.25, 0.3) is 0 Å². The topological polar surface area (TPSA) is 82.8 Å². The number of fused-ring (bicyclic) bond motifs is 1. The Morgan fingerprint density at radius 1 is 1.33 bits per heavy atom. The van der Waals surface area contributed by atoms with Gasteiger partial charge in [-0.3, -0.25) is 10.1 Å². The zero-order chi connectivity index (χ0) is 15.3. The highest BCUT2D eigenvalue weighted by atomic mass is 16.2. The van der Waals surface area contributed by atoms with Gasteiger partial charge in [-0.15, -0.1) is 0 Å². The molecule has 112 valence electrons. The Morgan fingerprint density at radius 2 is 2.05 bits per heavy atom. The Morgan fingerprint density at radius 3 is 2.62 bits per heavy atom. The van der Waals surface area contributed by atoms with E-state index in [0.717, 1.165) is 11.4 Å². The summed E-state index contributed by atoms with van der Waals surface area (Å²) in [7, 11) is 1.64. The van der Waals surface area contributed by atoms with E-state index < -0.39 is 18.2 Å². The van der Waals surface area contributed by atoms with Crippen molar-refractivity contribution in [1.82, 2.24) is 24.9 Å². The zero-order valence-electron chi connectivity index (χ0n) is 12.5. The van der Waals surface area contributed by atoms with Crippen molar-refractivity contribution in [3.63, 3.8) is 0 Å². The molecule has 0 radical (unpaired) electrons. The molecule has 1 N–H and O–H groups in total. The predicted molar refractivity (Wildman–Crippen MR) is 75.8 cm³/mol. The van der Waals surface area contributed by atoms with Crippen molar-refractivity contribution in [2.45, 2.75) is 33.0 Å². The smallest absolute Gasteiger partial charge is 0.325 e. The van der Waals surface area contributed by atoms with Crippen LogP contribution in [0.4, 0.5) is 4.79 Å². The molecule has 1 fully saturated rings. The summed E-state index contributed by atoms with van der Waals surface area (Å²) in [6.45, 7) is 6.40. The van der Waals surface area contributed by atoms with Crippen molar-refractivity contribution < 1.29 is 9.59 Å². The number of rotatable bonds is 1. The lowest BCUT2D eigenvalue weighted by Crippen LogP contribution is -2.63. The van der Waals surface area contributed by atoms with Gasteiger partial charge >= 0.3 is 6.03 Å². The summed E-state index contributed by atoms with van der Waals surface area (Å²) in [5.41, 5.74) is 1.83. The fraction of sp³-hybridized carbons (Fsp3) is 0.538. The SMILES string of the molecule is CCN1C(n2nc(C)cc2C)=NC2C1C(=O)NC(=O)N2C. The number of hydrogen-bond donors (Lipinski definition) is 1. The summed E-state index contributed by atoms with van der Waals surface area (Å²) < 4.78 is 1.72. The monoisotopic (exact) mass is 290 g/mol. The number of nitrogens with one attached hydrogen (secondary N) is 1. The minimum absolute atomic E-state index is 0.315. The van der Waals surface area contributed by atoms with Gasteiger partial charge in [0, 0.05) is 19.3 Å². The Kier molecular flexibility index (Phi) is 2.96. The number of likely N-dealkylation sites (N-methyl/N-ethyl adjacent to an activating group) is 2. The van der Waals surface area contributed by atoms with E-state index in [0.29, 0.717) is 12.5 Å². The molecule has 2 aliphatic rings. The second-order valence-corrected chi connectivity index (χ2v) is 5.32. The first kappa shape index (κ1) is 13.6. The molecule has 1 aromatic rings. The van der Waals surface area contributed by atoms with Crippen LogP contribution in [0.2, 0.25) is 0 Å². The van der Waals surface area contributed by atoms with Crippen molar-refractivity contribution in [3.05, 3.63) is 17.5 Å². The van der Waals surface area contributed by atoms with Crippen LogP contribution in [0.5, 0.6) is 0 Å². The summed E-state index contributed by atoms with van der Waals surface area (Å²) in [5, 5.41) is 6.79. The second kappa shape index (κ2) is 4.57. The average molecular weight is 290 g/mol. The lowest BCUT2D eigenvalue weighted by molar-refractivity contribution is -0.127. The van der Waals surface area contributed by atoms with Gasteiger partial charge < -0.3 is 9.80 Å². The number of urea groups is 1. The summed E-state index contributed by atoms with van der Waals surface area (Å²) in [6.07, 6.45) is -0.509. The number of aromatic nitrogens is 2. The second-order valence-electron chi connectivity index (χ2n) is 5.32. The van der Waals surface area contributed by atoms with Gasteiger partial charge in [0.2, 0.25) is 5.96 Å². The van der Waals surface area contributed by atoms with Crippen LogP contribution < -0.4 is 5.32 Å². The number of carbonyl (C=O) groups excluding carboxylic acids is 2. The molecule has 2 unspecified atom stereocenters. The van der Waals surface area contributed by atoms with E-state index in [1.54, 1.807) is 11.7 Å². The van der Waals surface area contributed by atoms with Crippen molar-refractivity contribution in [1.29, 1.82) is 0 Å². The Labute approximate surface area is 122 Å². The molecule has 0 saturated carbocycles. The van der Waals surface area contributed by atoms with Crippen molar-refractivity contribution in [2.24, 2.45) is 4.99 Å². The molecule has 0 spiro atoms. The number of hydrogen-bond acceptors (Lipinski definition) is 5. The fourth-order valence-electron chi connectivity index (χ4n) is 2.86. The van der Waals surface area contributed by atoms with E-state index in [1.165, 1.54) is 4.90 Å². The highest BCUT2D eigenvalue weighted by Crippen LogP contribution is 2.24. The van der Waals surface area contributed by atoms with Crippen LogP contribution in [0.3, 0.4) is 0 Å². The summed E-state index contributed by atoms with van der Waals surface area (Å²) in [4.78, 5) is 31.8. The van der Waals surface area contributed by atoms with E-state index in [1.807, 2.05) is 31.7 Å². The first-order valence-corrected chi connectivity index (χ1v) is 6.89. The lowest BCUT2D eigenvalue weighted by Gasteiger charge is -2.35. The molecule has 8 heteroatoms. The molecule has 0 aliphatic carbocycles. The van der Waals surface area contributed by atoms with Gasteiger partial charge in [-0.25, -0.2) is 14.5 Å². The number of aryl methyl sites for hydroxylation is 2. The molecule has 3 heterocycles. The average Bonchev–Trinajstić information content (AvgIpc) is 2.96. The van der Waals surface area contributed by atoms with Gasteiger partial charge in [-0.2, -0.15) is 5.10 Å². The van der Waals surface area contributed by atoms with Crippen LogP contribution >= 0.6 is 0 Å². The van der Waals surface area contributed by atoms with E-state index in [9.17, 15) is 9.59 Å². The minimum Gasteiger partial charge on any atom is -0.325 e. The summed E-state index contributed by atoms with van der Waals surface area (Å²) in [5.74, 6) is 0.292. The largest absolute Gasteiger partial charge is 0.325 e. The molecule has 3 amide bonds. The standard InChI is InChI=1S/C13H18N6O2/c1-5-18-9-10(17(4)13(21)15-11(9)20)14-12(18)19-8(3)6-7(2)16-19/h6,9-10H,5H2,1-4H3,(H,15,20,21). The number of nitrogens with zero attached hydrogens (tertiary/aromatic N) is 5. The fourth-order valence-corrected chi connectivity index (χ4v) is 2.86. The third kappa shape index (κ3) is 1.90. The summed E-state index contributed by atoms with van der Waals surface area (Å²) in [6, 6.07) is 1.03. The zero-order valence-corrected chi connectivity index (χ0v) is 12.5. The number of aliphatic imine (C=N–C) groups is 1. The third-order valence-electron chi connectivity index (χ3n) is 3.88. The normalized spacial score (nSPS) is 25.0. The van der Waals surface area contributed by atoms with Crippen LogP contribution in [-0.2, 0) is 4.79 Å². The van der Waals surface area contributed by atoms with Crippen LogP contribution in [0, 0.1) is 13.8 Å². The molecule has 0 aromatic carbocycles. The van der Waals surface area contributed by atoms with Gasteiger partial charge in [0.1, 0.15) is 0 Å². The third-order valence-corrected chi connectivity index (χ3v) is 3.88. The molecule has 8 nitrogen and oxygen atoms in total. The van der Waals surface area contributed by atoms with Gasteiger partial charge in [0.15, 0.2) is 12.2 Å². The molecule has 21 heavy (non-hydrogen) atoms. The Hall–Kier alpha value is -2.38. The highest BCUT2D eigenvalue weighted by molar-refractivity contribution is 6.03. The lowest BCUT2D eigenvalue weighted by atomic mass is 10.1. The quantitative estimate of drug-likeness (QED) is 0.784. The molecule has 1 saturated heterocycles. The van der Waals surface area contributed by atoms with E-state index in [4.69, 9.17) is 0 Å². The summed E-state index contributed by atoms with van der Waals surface area (Å²) >= 11 is 0. The molecule has 1 aromatic heterocycles. The first-order valence-electron chi connectivity index (χ1n) is 6.89. The molecule has 0 bridgehead atoms. The van der Waals surface area contributed by atoms with Gasteiger partial charge in [0.25, 0.3) is 5.91 Å². The van der Waals surface area contributed by atoms with Gasteiger partial charge in [0.05, 0.1) is 5.69 Å². The maximum absolute atomic E-state index is 12.2. The van der Waals surface area contributed by atoms with Crippen molar-refractivity contribution in [3.8, 4) is 0 Å². The molecule has 2 aliphatic heterocycles. The van der Waals surface area contributed by atoms with Crippen LogP contribution in [-0.4, -0.2) is 63.3 Å².